The van der Waals surface area contributed by atoms with E-state index in [9.17, 15) is 5.11 Å². The zero-order valence-corrected chi connectivity index (χ0v) is 6.64. The molecular formula is C9H16O. The average molecular weight is 140 g/mol. The fourth-order valence-electron chi connectivity index (χ4n) is 2.52. The summed E-state index contributed by atoms with van der Waals surface area (Å²) in [5, 5.41) is 9.99. The van der Waals surface area contributed by atoms with Gasteiger partial charge in [-0.25, -0.2) is 0 Å². The van der Waals surface area contributed by atoms with Crippen LogP contribution in [0.1, 0.15) is 39.0 Å². The second-order valence-corrected chi connectivity index (χ2v) is 3.95. The highest BCUT2D eigenvalue weighted by molar-refractivity contribution is 5.03. The van der Waals surface area contributed by atoms with Crippen LogP contribution in [0.2, 0.25) is 0 Å². The molecule has 2 aliphatic rings. The summed E-state index contributed by atoms with van der Waals surface area (Å²) in [5.41, 5.74) is -0.247. The van der Waals surface area contributed by atoms with E-state index >= 15 is 0 Å². The molecule has 2 aliphatic carbocycles. The van der Waals surface area contributed by atoms with Gasteiger partial charge >= 0.3 is 0 Å². The van der Waals surface area contributed by atoms with Gasteiger partial charge in [0.25, 0.3) is 0 Å². The summed E-state index contributed by atoms with van der Waals surface area (Å²) in [6.45, 7) is 2.11. The van der Waals surface area contributed by atoms with Crippen LogP contribution in [0, 0.1) is 11.8 Å². The molecule has 2 rings (SSSR count). The van der Waals surface area contributed by atoms with E-state index in [4.69, 9.17) is 0 Å². The molecule has 0 spiro atoms. The molecule has 1 nitrogen and oxygen atoms in total. The molecule has 3 unspecified atom stereocenters. The highest BCUT2D eigenvalue weighted by Gasteiger charge is 2.52. The number of aliphatic hydroxyl groups is 1. The van der Waals surface area contributed by atoms with Gasteiger partial charge in [-0.1, -0.05) is 13.3 Å². The first-order valence-corrected chi connectivity index (χ1v) is 4.48. The third-order valence-corrected chi connectivity index (χ3v) is 3.41. The van der Waals surface area contributed by atoms with Gasteiger partial charge in [-0.15, -0.1) is 0 Å². The van der Waals surface area contributed by atoms with E-state index in [1.807, 2.05) is 0 Å². The topological polar surface area (TPSA) is 20.2 Å². The van der Waals surface area contributed by atoms with E-state index in [0.29, 0.717) is 5.92 Å². The monoisotopic (exact) mass is 140 g/mol. The molecule has 0 aromatic carbocycles. The van der Waals surface area contributed by atoms with Gasteiger partial charge in [0, 0.05) is 0 Å². The quantitative estimate of drug-likeness (QED) is 0.590. The molecule has 0 aliphatic heterocycles. The lowest BCUT2D eigenvalue weighted by Gasteiger charge is -2.30. The lowest BCUT2D eigenvalue weighted by atomic mass is 9.83. The number of hydrogen-bond acceptors (Lipinski definition) is 1. The molecule has 2 saturated carbocycles. The average Bonchev–Trinajstić information content (AvgIpc) is 2.68. The predicted molar refractivity (Wildman–Crippen MR) is 40.7 cm³/mol. The van der Waals surface area contributed by atoms with Gasteiger partial charge in [0.2, 0.25) is 0 Å². The van der Waals surface area contributed by atoms with E-state index < -0.39 is 0 Å². The van der Waals surface area contributed by atoms with E-state index in [1.54, 1.807) is 0 Å². The molecule has 2 fully saturated rings. The molecule has 0 heterocycles. The molecule has 10 heavy (non-hydrogen) atoms. The molecule has 0 radical (unpaired) electrons. The lowest BCUT2D eigenvalue weighted by Crippen LogP contribution is -2.33. The van der Waals surface area contributed by atoms with Crippen molar-refractivity contribution in [3.05, 3.63) is 0 Å². The maximum atomic E-state index is 9.99. The third-order valence-electron chi connectivity index (χ3n) is 3.41. The van der Waals surface area contributed by atoms with Crippen LogP contribution in [0.3, 0.4) is 0 Å². The van der Waals surface area contributed by atoms with Gasteiger partial charge in [-0.3, -0.25) is 0 Å². The minimum Gasteiger partial charge on any atom is -0.390 e. The Bertz CT molecular complexity index is 144. The summed E-state index contributed by atoms with van der Waals surface area (Å²) in [5.74, 6) is 1.59. The highest BCUT2D eigenvalue weighted by Crippen LogP contribution is 2.55. The van der Waals surface area contributed by atoms with Crippen molar-refractivity contribution in [3.8, 4) is 0 Å². The van der Waals surface area contributed by atoms with Gasteiger partial charge in [0.1, 0.15) is 0 Å². The Morgan fingerprint density at radius 3 is 3.00 bits per heavy atom. The van der Waals surface area contributed by atoms with Crippen LogP contribution in [0.25, 0.3) is 0 Å². The van der Waals surface area contributed by atoms with Crippen LogP contribution in [0.15, 0.2) is 0 Å². The Labute approximate surface area is 62.4 Å². The molecule has 0 aromatic heterocycles. The third kappa shape index (κ3) is 0.800. The molecule has 3 atom stereocenters. The smallest absolute Gasteiger partial charge is 0.0676 e. The molecule has 0 amide bonds. The van der Waals surface area contributed by atoms with Crippen LogP contribution < -0.4 is 0 Å². The Balaban J connectivity index is 2.07. The van der Waals surface area contributed by atoms with Crippen molar-refractivity contribution in [1.82, 2.24) is 0 Å². The van der Waals surface area contributed by atoms with Crippen molar-refractivity contribution in [2.45, 2.75) is 44.6 Å². The standard InChI is InChI=1S/C9H16O/c1-2-9(10)5-3-4-7-6-8(7)9/h7-8,10H,2-6H2,1H3. The molecular weight excluding hydrogens is 124 g/mol. The van der Waals surface area contributed by atoms with Crippen LogP contribution in [0.5, 0.6) is 0 Å². The van der Waals surface area contributed by atoms with Crippen molar-refractivity contribution in [1.29, 1.82) is 0 Å². The van der Waals surface area contributed by atoms with Gasteiger partial charge in [-0.05, 0) is 37.5 Å². The summed E-state index contributed by atoms with van der Waals surface area (Å²) in [6, 6.07) is 0. The first-order valence-electron chi connectivity index (χ1n) is 4.48. The summed E-state index contributed by atoms with van der Waals surface area (Å²) in [7, 11) is 0. The van der Waals surface area contributed by atoms with Crippen molar-refractivity contribution in [3.63, 3.8) is 0 Å². The Hall–Kier alpha value is -0.0400. The van der Waals surface area contributed by atoms with Crippen LogP contribution in [-0.4, -0.2) is 10.7 Å². The second-order valence-electron chi connectivity index (χ2n) is 3.95. The molecule has 0 saturated heterocycles. The van der Waals surface area contributed by atoms with Crippen molar-refractivity contribution >= 4 is 0 Å². The van der Waals surface area contributed by atoms with E-state index in [-0.39, 0.29) is 5.60 Å². The zero-order chi connectivity index (χ0) is 7.19. The first kappa shape index (κ1) is 6.66. The largest absolute Gasteiger partial charge is 0.390 e. The zero-order valence-electron chi connectivity index (χ0n) is 6.64. The van der Waals surface area contributed by atoms with Crippen LogP contribution in [0.4, 0.5) is 0 Å². The summed E-state index contributed by atoms with van der Waals surface area (Å²) >= 11 is 0. The molecule has 58 valence electrons. The van der Waals surface area contributed by atoms with E-state index in [1.165, 1.54) is 19.3 Å². The van der Waals surface area contributed by atoms with Gasteiger partial charge in [0.15, 0.2) is 0 Å². The second kappa shape index (κ2) is 1.97. The van der Waals surface area contributed by atoms with E-state index in [0.717, 1.165) is 18.8 Å². The first-order chi connectivity index (χ1) is 4.76. The van der Waals surface area contributed by atoms with E-state index in [2.05, 4.69) is 6.92 Å². The molecule has 0 bridgehead atoms. The fraction of sp³-hybridized carbons (Fsp3) is 1.00. The normalized spacial score (nSPS) is 52.2. The maximum Gasteiger partial charge on any atom is 0.0676 e. The van der Waals surface area contributed by atoms with Crippen molar-refractivity contribution in [2.75, 3.05) is 0 Å². The maximum absolute atomic E-state index is 9.99. The van der Waals surface area contributed by atoms with Gasteiger partial charge in [0.05, 0.1) is 5.60 Å². The molecule has 0 aromatic rings. The summed E-state index contributed by atoms with van der Waals surface area (Å²) in [6.07, 6.45) is 5.97. The van der Waals surface area contributed by atoms with Crippen molar-refractivity contribution in [2.24, 2.45) is 11.8 Å². The summed E-state index contributed by atoms with van der Waals surface area (Å²) < 4.78 is 0. The fourth-order valence-corrected chi connectivity index (χ4v) is 2.52. The van der Waals surface area contributed by atoms with Crippen molar-refractivity contribution < 1.29 is 5.11 Å². The number of fused-ring (bicyclic) bond motifs is 1. The predicted octanol–water partition coefficient (Wildman–Crippen LogP) is 1.95. The van der Waals surface area contributed by atoms with Gasteiger partial charge in [-0.2, -0.15) is 0 Å². The Morgan fingerprint density at radius 1 is 1.60 bits per heavy atom. The minimum absolute atomic E-state index is 0.247. The summed E-state index contributed by atoms with van der Waals surface area (Å²) in [4.78, 5) is 0. The molecule has 1 N–H and O–H groups in total. The van der Waals surface area contributed by atoms with Crippen LogP contribution >= 0.6 is 0 Å². The highest BCUT2D eigenvalue weighted by atomic mass is 16.3. The number of hydrogen-bond donors (Lipinski definition) is 1. The van der Waals surface area contributed by atoms with Crippen LogP contribution in [-0.2, 0) is 0 Å². The SMILES string of the molecule is CCC1(O)CCCC2CC21. The van der Waals surface area contributed by atoms with Gasteiger partial charge < -0.3 is 5.11 Å². The molecule has 1 heteroatoms. The lowest BCUT2D eigenvalue weighted by molar-refractivity contribution is -0.0141. The Morgan fingerprint density at radius 2 is 2.40 bits per heavy atom. The minimum atomic E-state index is -0.247. The number of rotatable bonds is 1. The Kier molecular flexibility index (Phi) is 1.31.